The van der Waals surface area contributed by atoms with Gasteiger partial charge >= 0.3 is 85.1 Å². The molecule has 0 rings (SSSR count). The van der Waals surface area contributed by atoms with Crippen LogP contribution in [0.25, 0.3) is 0 Å². The molecule has 1 atom stereocenters. The molecule has 0 fully saturated rings. The van der Waals surface area contributed by atoms with Crippen molar-refractivity contribution in [2.45, 2.75) is 39.1 Å². The molecular weight excluding hydrogens is 273 g/mol. The fraction of sp³-hybridized carbons (Fsp3) is 0.889. The zero-order valence-electron chi connectivity index (χ0n) is 9.31. The molecule has 1 N–H and O–H groups in total. The predicted octanol–water partition coefficient (Wildman–Crippen LogP) is 2.39. The topological polar surface area (TPSA) is 38.3 Å². The van der Waals surface area contributed by atoms with E-state index in [1.54, 1.807) is 0 Å². The maximum atomic E-state index is 11.2. The zero-order valence-corrected chi connectivity index (χ0v) is 12.2. The number of carbonyl (C=O) groups is 1. The molecule has 0 heterocycles. The van der Waals surface area contributed by atoms with E-state index in [2.05, 4.69) is 27.1 Å². The molecule has 1 unspecified atom stereocenters. The summed E-state index contributed by atoms with van der Waals surface area (Å²) in [5.41, 5.74) is 0. The van der Waals surface area contributed by atoms with Crippen molar-refractivity contribution in [3.05, 3.63) is 0 Å². The Morgan fingerprint density at radius 2 is 1.92 bits per heavy atom. The Hall–Kier alpha value is 0.0687. The van der Waals surface area contributed by atoms with Crippen molar-refractivity contribution in [3.63, 3.8) is 0 Å². The number of nitrogens with one attached hydrogen (secondary N) is 1. The number of alkyl carbamates (subject to hydrolysis) is 1. The first-order chi connectivity index (χ1) is 5.91. The van der Waals surface area contributed by atoms with Crippen LogP contribution in [0, 0.1) is 0 Å². The number of hydrogen-bond acceptors (Lipinski definition) is 2. The van der Waals surface area contributed by atoms with Gasteiger partial charge in [0.05, 0.1) is 0 Å². The van der Waals surface area contributed by atoms with Crippen molar-refractivity contribution >= 4 is 24.5 Å². The summed E-state index contributed by atoms with van der Waals surface area (Å²) in [6, 6.07) is 0. The second kappa shape index (κ2) is 5.73. The fourth-order valence-electron chi connectivity index (χ4n) is 1.25. The summed E-state index contributed by atoms with van der Waals surface area (Å²) in [6.45, 7) is 4.38. The van der Waals surface area contributed by atoms with Crippen molar-refractivity contribution in [1.82, 2.24) is 5.32 Å². The van der Waals surface area contributed by atoms with Crippen LogP contribution in [0.15, 0.2) is 0 Å². The first kappa shape index (κ1) is 13.1. The summed E-state index contributed by atoms with van der Waals surface area (Å²) in [6.07, 6.45) is 0.749. The van der Waals surface area contributed by atoms with E-state index in [4.69, 9.17) is 4.74 Å². The number of carbonyl (C=O) groups excluding carboxylic acids is 1. The third-order valence-corrected chi connectivity index (χ3v) is 9.57. The van der Waals surface area contributed by atoms with Crippen molar-refractivity contribution in [3.8, 4) is 0 Å². The van der Waals surface area contributed by atoms with E-state index in [1.807, 2.05) is 6.92 Å². The molecule has 1 amide bonds. The molecule has 0 aliphatic rings. The quantitative estimate of drug-likeness (QED) is 0.808. The van der Waals surface area contributed by atoms with Crippen LogP contribution in [0.1, 0.15) is 20.3 Å². The molecule has 4 heteroatoms. The summed E-state index contributed by atoms with van der Waals surface area (Å²) in [5, 5.41) is 2.94. The van der Waals surface area contributed by atoms with E-state index < -0.39 is 18.4 Å². The van der Waals surface area contributed by atoms with Crippen LogP contribution in [0.5, 0.6) is 0 Å². The normalized spacial score (nSPS) is 13.6. The molecule has 78 valence electrons. The van der Waals surface area contributed by atoms with E-state index in [1.165, 1.54) is 0 Å². The van der Waals surface area contributed by atoms with Gasteiger partial charge in [-0.15, -0.1) is 0 Å². The van der Waals surface area contributed by atoms with Crippen molar-refractivity contribution < 1.29 is 9.53 Å². The van der Waals surface area contributed by atoms with Gasteiger partial charge in [0.15, 0.2) is 0 Å². The van der Waals surface area contributed by atoms with Gasteiger partial charge in [0.25, 0.3) is 0 Å². The van der Waals surface area contributed by atoms with Gasteiger partial charge in [-0.05, 0) is 0 Å². The third kappa shape index (κ3) is 5.39. The number of hydrogen-bond donors (Lipinski definition) is 1. The van der Waals surface area contributed by atoms with Gasteiger partial charge in [0.2, 0.25) is 0 Å². The average Bonchev–Trinajstić information content (AvgIpc) is 1.98. The Balaban J connectivity index is 4.06. The van der Waals surface area contributed by atoms with E-state index in [0.717, 1.165) is 6.42 Å². The molecule has 0 aliphatic carbocycles. The summed E-state index contributed by atoms with van der Waals surface area (Å²) in [4.78, 5) is 18.1. The molecule has 0 aromatic heterocycles. The van der Waals surface area contributed by atoms with E-state index in [0.29, 0.717) is 10.7 Å². The van der Waals surface area contributed by atoms with Crippen molar-refractivity contribution in [1.29, 1.82) is 0 Å². The van der Waals surface area contributed by atoms with Gasteiger partial charge in [0, 0.05) is 0 Å². The van der Waals surface area contributed by atoms with Gasteiger partial charge in [-0.3, -0.25) is 0 Å². The molecule has 0 spiro atoms. The average molecular weight is 294 g/mol. The summed E-state index contributed by atoms with van der Waals surface area (Å²) >= 11 is -1.99. The Bertz CT molecular complexity index is 165. The molecule has 0 aliphatic heterocycles. The first-order valence-corrected chi connectivity index (χ1v) is 15.1. The molecular formula is C9H21NO2Sn. The minimum atomic E-state index is -1.99. The van der Waals surface area contributed by atoms with Gasteiger partial charge in [0.1, 0.15) is 0 Å². The minimum absolute atomic E-state index is 0.263. The number of amides is 1. The molecule has 3 nitrogen and oxygen atoms in total. The summed E-state index contributed by atoms with van der Waals surface area (Å²) in [5.74, 6) is 0. The fourth-order valence-corrected chi connectivity index (χ4v) is 6.31. The van der Waals surface area contributed by atoms with Gasteiger partial charge < -0.3 is 0 Å². The molecule has 0 aromatic carbocycles. The third-order valence-electron chi connectivity index (χ3n) is 2.02. The van der Waals surface area contributed by atoms with Crippen molar-refractivity contribution in [2.75, 3.05) is 6.61 Å². The molecule has 13 heavy (non-hydrogen) atoms. The maximum absolute atomic E-state index is 11.2. The van der Waals surface area contributed by atoms with Crippen LogP contribution < -0.4 is 5.32 Å². The van der Waals surface area contributed by atoms with Crippen LogP contribution in [-0.4, -0.2) is 35.1 Å². The molecule has 0 bridgehead atoms. The molecule has 0 saturated heterocycles. The van der Waals surface area contributed by atoms with Gasteiger partial charge in [-0.1, -0.05) is 0 Å². The zero-order chi connectivity index (χ0) is 10.5. The Morgan fingerprint density at radius 1 is 1.38 bits per heavy atom. The van der Waals surface area contributed by atoms with E-state index in [9.17, 15) is 4.79 Å². The Labute approximate surface area is 85.1 Å². The monoisotopic (exact) mass is 295 g/mol. The van der Waals surface area contributed by atoms with Gasteiger partial charge in [-0.2, -0.15) is 0 Å². The summed E-state index contributed by atoms with van der Waals surface area (Å²) in [7, 11) is 0. The second-order valence-corrected chi connectivity index (χ2v) is 19.7. The van der Waals surface area contributed by atoms with Crippen LogP contribution in [0.4, 0.5) is 4.79 Å². The molecule has 0 aromatic rings. The van der Waals surface area contributed by atoms with Crippen LogP contribution in [-0.2, 0) is 4.74 Å². The van der Waals surface area contributed by atoms with Gasteiger partial charge in [-0.25, -0.2) is 0 Å². The summed E-state index contributed by atoms with van der Waals surface area (Å²) < 4.78 is 5.24. The van der Waals surface area contributed by atoms with Crippen molar-refractivity contribution in [2.24, 2.45) is 0 Å². The standard InChI is InChI=1S/C6H12NO2.3CH3.Sn/c1-3-5-7-6(8)9-4-2;;;;/h5H,3-4H2,1-2H3,(H,7,8);3*1H3;. The predicted molar refractivity (Wildman–Crippen MR) is 57.6 cm³/mol. The first-order valence-electron chi connectivity index (χ1n) is 4.85. The number of rotatable bonds is 4. The van der Waals surface area contributed by atoms with E-state index >= 15 is 0 Å². The molecule has 0 radical (unpaired) electrons. The van der Waals surface area contributed by atoms with Crippen LogP contribution in [0.2, 0.25) is 14.8 Å². The second-order valence-electron chi connectivity index (χ2n) is 4.19. The number of ether oxygens (including phenoxy) is 1. The van der Waals surface area contributed by atoms with Crippen LogP contribution >= 0.6 is 0 Å². The van der Waals surface area contributed by atoms with E-state index in [-0.39, 0.29) is 6.09 Å². The molecule has 0 saturated carbocycles. The Morgan fingerprint density at radius 3 is 2.23 bits per heavy atom. The Kier molecular flexibility index (Phi) is 5.76. The van der Waals surface area contributed by atoms with Crippen LogP contribution in [0.3, 0.4) is 0 Å². The SMILES string of the molecule is CCOC(=O)N[CH](CC)[Sn]([CH3])([CH3])[CH3].